The quantitative estimate of drug-likeness (QED) is 0.392. The number of nitrogens with zero attached hydrogens (tertiary/aromatic N) is 3. The molecule has 0 radical (unpaired) electrons. The molecule has 0 aliphatic rings. The summed E-state index contributed by atoms with van der Waals surface area (Å²) in [6.07, 6.45) is -1.74. The number of halogens is 5. The number of rotatable bonds is 4. The van der Waals surface area contributed by atoms with Gasteiger partial charge in [-0.1, -0.05) is 11.6 Å². The summed E-state index contributed by atoms with van der Waals surface area (Å²) >= 11 is 5.83. The van der Waals surface area contributed by atoms with Crippen LogP contribution in [0.15, 0.2) is 60.9 Å². The third-order valence-corrected chi connectivity index (χ3v) is 4.29. The Bertz CT molecular complexity index is 1220. The molecule has 4 rings (SSSR count). The predicted molar refractivity (Wildman–Crippen MR) is 104 cm³/mol. The standard InChI is InChI=1S/C20H11ClF4N4O/c21-15-8-12(3-6-16(15)22)27-19-14-5-4-13(30-20(23,24)25)9-17(14)28-18(29-19)11-2-1-7-26-10-11/h1-10H,(H,27,28,29). The Morgan fingerprint density at radius 1 is 1.00 bits per heavy atom. The molecule has 4 aromatic rings. The molecule has 152 valence electrons. The van der Waals surface area contributed by atoms with E-state index in [0.717, 1.165) is 12.1 Å². The zero-order valence-electron chi connectivity index (χ0n) is 14.9. The van der Waals surface area contributed by atoms with Crippen LogP contribution in [0.25, 0.3) is 22.3 Å². The van der Waals surface area contributed by atoms with Crippen LogP contribution in [0.5, 0.6) is 5.75 Å². The lowest BCUT2D eigenvalue weighted by Crippen LogP contribution is -2.17. The molecule has 2 aromatic carbocycles. The summed E-state index contributed by atoms with van der Waals surface area (Å²) in [6, 6.07) is 11.1. The van der Waals surface area contributed by atoms with Crippen molar-refractivity contribution in [3.63, 3.8) is 0 Å². The zero-order chi connectivity index (χ0) is 21.3. The molecule has 5 nitrogen and oxygen atoms in total. The number of benzene rings is 2. The molecule has 30 heavy (non-hydrogen) atoms. The van der Waals surface area contributed by atoms with Crippen LogP contribution < -0.4 is 10.1 Å². The second-order valence-electron chi connectivity index (χ2n) is 6.12. The van der Waals surface area contributed by atoms with Crippen LogP contribution in [0, 0.1) is 5.82 Å². The SMILES string of the molecule is Fc1ccc(Nc2nc(-c3cccnc3)nc3cc(OC(F)(F)F)ccc23)cc1Cl. The van der Waals surface area contributed by atoms with Crippen LogP contribution in [-0.4, -0.2) is 21.3 Å². The van der Waals surface area contributed by atoms with Gasteiger partial charge in [0, 0.05) is 35.1 Å². The first kappa shape index (κ1) is 19.8. The Kier molecular flexibility index (Phi) is 5.13. The van der Waals surface area contributed by atoms with Crippen LogP contribution in [0.3, 0.4) is 0 Å². The highest BCUT2D eigenvalue weighted by molar-refractivity contribution is 6.31. The van der Waals surface area contributed by atoms with Crippen molar-refractivity contribution in [3.8, 4) is 17.1 Å². The highest BCUT2D eigenvalue weighted by atomic mass is 35.5. The molecule has 0 spiro atoms. The van der Waals surface area contributed by atoms with Crippen LogP contribution in [0.2, 0.25) is 5.02 Å². The Balaban J connectivity index is 1.84. The van der Waals surface area contributed by atoms with Crippen molar-refractivity contribution in [1.82, 2.24) is 15.0 Å². The number of aromatic nitrogens is 3. The van der Waals surface area contributed by atoms with Crippen molar-refractivity contribution in [2.24, 2.45) is 0 Å². The van der Waals surface area contributed by atoms with Gasteiger partial charge in [-0.3, -0.25) is 4.98 Å². The molecule has 0 saturated carbocycles. The summed E-state index contributed by atoms with van der Waals surface area (Å²) in [6.45, 7) is 0. The van der Waals surface area contributed by atoms with E-state index in [1.165, 1.54) is 30.5 Å². The maximum absolute atomic E-state index is 13.5. The molecular formula is C20H11ClF4N4O. The summed E-state index contributed by atoms with van der Waals surface area (Å²) in [7, 11) is 0. The minimum atomic E-state index is -4.83. The van der Waals surface area contributed by atoms with E-state index < -0.39 is 17.9 Å². The third kappa shape index (κ3) is 4.41. The summed E-state index contributed by atoms with van der Waals surface area (Å²) in [5, 5.41) is 3.34. The molecule has 0 amide bonds. The summed E-state index contributed by atoms with van der Waals surface area (Å²) < 4.78 is 55.3. The lowest BCUT2D eigenvalue weighted by molar-refractivity contribution is -0.274. The second-order valence-corrected chi connectivity index (χ2v) is 6.53. The first-order valence-electron chi connectivity index (χ1n) is 8.48. The second kappa shape index (κ2) is 7.75. The number of nitrogens with one attached hydrogen (secondary N) is 1. The van der Waals surface area contributed by atoms with Gasteiger partial charge in [-0.25, -0.2) is 14.4 Å². The molecule has 0 unspecified atom stereocenters. The fourth-order valence-corrected chi connectivity index (χ4v) is 2.92. The Morgan fingerprint density at radius 3 is 2.53 bits per heavy atom. The summed E-state index contributed by atoms with van der Waals surface area (Å²) in [5.41, 5.74) is 1.21. The topological polar surface area (TPSA) is 59.9 Å². The molecule has 0 bridgehead atoms. The molecule has 0 fully saturated rings. The van der Waals surface area contributed by atoms with Gasteiger partial charge >= 0.3 is 6.36 Å². The number of hydrogen-bond donors (Lipinski definition) is 1. The van der Waals surface area contributed by atoms with Crippen molar-refractivity contribution >= 4 is 34.0 Å². The van der Waals surface area contributed by atoms with Gasteiger partial charge < -0.3 is 10.1 Å². The predicted octanol–water partition coefficient (Wildman–Crippen LogP) is 6.13. The van der Waals surface area contributed by atoms with Crippen LogP contribution >= 0.6 is 11.6 Å². The summed E-state index contributed by atoms with van der Waals surface area (Å²) in [4.78, 5) is 12.8. The monoisotopic (exact) mass is 434 g/mol. The fraction of sp³-hybridized carbons (Fsp3) is 0.0500. The van der Waals surface area contributed by atoms with Crippen molar-refractivity contribution in [2.75, 3.05) is 5.32 Å². The molecule has 0 atom stereocenters. The van der Waals surface area contributed by atoms with E-state index in [2.05, 4.69) is 25.0 Å². The molecular weight excluding hydrogens is 424 g/mol. The lowest BCUT2D eigenvalue weighted by Gasteiger charge is -2.13. The summed E-state index contributed by atoms with van der Waals surface area (Å²) in [5.74, 6) is -0.475. The molecule has 0 saturated heterocycles. The fourth-order valence-electron chi connectivity index (χ4n) is 2.74. The van der Waals surface area contributed by atoms with Gasteiger partial charge in [-0.2, -0.15) is 0 Å². The van der Waals surface area contributed by atoms with E-state index >= 15 is 0 Å². The van der Waals surface area contributed by atoms with Crippen molar-refractivity contribution < 1.29 is 22.3 Å². The Labute approximate surface area is 172 Å². The smallest absolute Gasteiger partial charge is 0.406 e. The van der Waals surface area contributed by atoms with E-state index in [0.29, 0.717) is 22.5 Å². The first-order valence-corrected chi connectivity index (χ1v) is 8.86. The van der Waals surface area contributed by atoms with Crippen molar-refractivity contribution in [3.05, 3.63) is 71.8 Å². The van der Waals surface area contributed by atoms with E-state index in [1.54, 1.807) is 18.3 Å². The third-order valence-electron chi connectivity index (χ3n) is 4.00. The normalized spacial score (nSPS) is 11.5. The largest absolute Gasteiger partial charge is 0.573 e. The van der Waals surface area contributed by atoms with Gasteiger partial charge in [-0.15, -0.1) is 13.2 Å². The number of alkyl halides is 3. The maximum Gasteiger partial charge on any atom is 0.573 e. The minimum Gasteiger partial charge on any atom is -0.406 e. The van der Waals surface area contributed by atoms with Gasteiger partial charge in [0.2, 0.25) is 0 Å². The zero-order valence-corrected chi connectivity index (χ0v) is 15.7. The van der Waals surface area contributed by atoms with E-state index in [9.17, 15) is 17.6 Å². The first-order chi connectivity index (χ1) is 14.3. The van der Waals surface area contributed by atoms with Crippen LogP contribution in [0.4, 0.5) is 29.1 Å². The molecule has 2 heterocycles. The van der Waals surface area contributed by atoms with Gasteiger partial charge in [0.1, 0.15) is 17.4 Å². The number of ether oxygens (including phenoxy) is 1. The van der Waals surface area contributed by atoms with E-state index in [-0.39, 0.29) is 16.4 Å². The molecule has 1 N–H and O–H groups in total. The van der Waals surface area contributed by atoms with Crippen molar-refractivity contribution in [2.45, 2.75) is 6.36 Å². The Hall–Kier alpha value is -3.46. The number of anilines is 2. The van der Waals surface area contributed by atoms with Gasteiger partial charge in [-0.05, 0) is 42.5 Å². The van der Waals surface area contributed by atoms with Crippen molar-refractivity contribution in [1.29, 1.82) is 0 Å². The average molecular weight is 435 g/mol. The number of fused-ring (bicyclic) bond motifs is 1. The number of pyridine rings is 1. The molecule has 10 heteroatoms. The van der Waals surface area contributed by atoms with Gasteiger partial charge in [0.15, 0.2) is 5.82 Å². The highest BCUT2D eigenvalue weighted by Gasteiger charge is 2.31. The number of hydrogen-bond acceptors (Lipinski definition) is 5. The van der Waals surface area contributed by atoms with Gasteiger partial charge in [0.05, 0.1) is 10.5 Å². The van der Waals surface area contributed by atoms with Crippen LogP contribution in [-0.2, 0) is 0 Å². The van der Waals surface area contributed by atoms with E-state index in [1.807, 2.05) is 0 Å². The van der Waals surface area contributed by atoms with E-state index in [4.69, 9.17) is 11.6 Å². The molecule has 0 aliphatic heterocycles. The van der Waals surface area contributed by atoms with Crippen LogP contribution in [0.1, 0.15) is 0 Å². The highest BCUT2D eigenvalue weighted by Crippen LogP contribution is 2.32. The maximum atomic E-state index is 13.5. The molecule has 0 aliphatic carbocycles. The lowest BCUT2D eigenvalue weighted by atomic mass is 10.2. The Morgan fingerprint density at radius 2 is 1.83 bits per heavy atom. The average Bonchev–Trinajstić information content (AvgIpc) is 2.70. The van der Waals surface area contributed by atoms with Gasteiger partial charge in [0.25, 0.3) is 0 Å². The minimum absolute atomic E-state index is 0.0910. The molecule has 2 aromatic heterocycles.